The first kappa shape index (κ1) is 23.0. The lowest BCUT2D eigenvalue weighted by Crippen LogP contribution is -2.27. The van der Waals surface area contributed by atoms with Gasteiger partial charge in [0.2, 0.25) is 0 Å². The molecule has 0 saturated carbocycles. The lowest BCUT2D eigenvalue weighted by atomic mass is 10.2. The molecular weight excluding hydrogens is 435 g/mol. The number of amides is 1. The van der Waals surface area contributed by atoms with Crippen LogP contribution in [0.4, 0.5) is 26.4 Å². The van der Waals surface area contributed by atoms with Gasteiger partial charge in [-0.2, -0.15) is 0 Å². The van der Waals surface area contributed by atoms with Gasteiger partial charge in [0.05, 0.1) is 10.9 Å². The van der Waals surface area contributed by atoms with E-state index in [2.05, 4.69) is 20.6 Å². The Morgan fingerprint density at radius 3 is 2.38 bits per heavy atom. The molecule has 1 aromatic heterocycles. The molecule has 0 spiro atoms. The van der Waals surface area contributed by atoms with E-state index in [1.54, 1.807) is 51.1 Å². The Labute approximate surface area is 197 Å². The van der Waals surface area contributed by atoms with Gasteiger partial charge in [0.15, 0.2) is 0 Å². The minimum atomic E-state index is -0.587. The lowest BCUT2D eigenvalue weighted by molar-refractivity contribution is 0.0636. The summed E-state index contributed by atoms with van der Waals surface area (Å²) < 4.78 is 26.0. The van der Waals surface area contributed by atoms with Gasteiger partial charge in [0, 0.05) is 23.5 Å². The molecule has 8 heteroatoms. The Kier molecular flexibility index (Phi) is 6.58. The maximum absolute atomic E-state index is 15.0. The molecule has 1 heterocycles. The van der Waals surface area contributed by atoms with Crippen molar-refractivity contribution in [1.29, 1.82) is 0 Å². The summed E-state index contributed by atoms with van der Waals surface area (Å²) in [5, 5.41) is 6.03. The molecule has 0 unspecified atom stereocenters. The van der Waals surface area contributed by atoms with Gasteiger partial charge >= 0.3 is 6.09 Å². The van der Waals surface area contributed by atoms with Gasteiger partial charge in [-0.3, -0.25) is 5.32 Å². The zero-order valence-electron chi connectivity index (χ0n) is 19.1. The van der Waals surface area contributed by atoms with Crippen LogP contribution in [0.5, 0.6) is 5.75 Å². The van der Waals surface area contributed by atoms with Gasteiger partial charge in [-0.05, 0) is 50.6 Å². The van der Waals surface area contributed by atoms with Crippen LogP contribution in [0.3, 0.4) is 0 Å². The van der Waals surface area contributed by atoms with Gasteiger partial charge in [-0.15, -0.1) is 0 Å². The van der Waals surface area contributed by atoms with Crippen LogP contribution in [0.2, 0.25) is 0 Å². The SMILES string of the molecule is CC(C)(C)OC(=O)Nc1ccc(Nc2ncnc3cc(OCc4ccccc4)cc(F)c23)cc1. The largest absolute Gasteiger partial charge is 0.489 e. The van der Waals surface area contributed by atoms with E-state index in [1.807, 2.05) is 30.3 Å². The molecule has 7 nitrogen and oxygen atoms in total. The third kappa shape index (κ3) is 5.98. The Morgan fingerprint density at radius 2 is 1.68 bits per heavy atom. The first-order valence-corrected chi connectivity index (χ1v) is 10.7. The highest BCUT2D eigenvalue weighted by Crippen LogP contribution is 2.30. The number of fused-ring (bicyclic) bond motifs is 1. The van der Waals surface area contributed by atoms with E-state index < -0.39 is 17.5 Å². The molecule has 0 bridgehead atoms. The number of nitrogens with one attached hydrogen (secondary N) is 2. The van der Waals surface area contributed by atoms with E-state index in [-0.39, 0.29) is 5.39 Å². The number of aromatic nitrogens is 2. The van der Waals surface area contributed by atoms with Crippen LogP contribution in [0.15, 0.2) is 73.1 Å². The molecule has 2 N–H and O–H groups in total. The Morgan fingerprint density at radius 1 is 0.971 bits per heavy atom. The second-order valence-corrected chi connectivity index (χ2v) is 8.63. The quantitative estimate of drug-likeness (QED) is 0.344. The fourth-order valence-electron chi connectivity index (χ4n) is 3.23. The second-order valence-electron chi connectivity index (χ2n) is 8.63. The van der Waals surface area contributed by atoms with Crippen LogP contribution in [0.25, 0.3) is 10.9 Å². The lowest BCUT2D eigenvalue weighted by Gasteiger charge is -2.19. The van der Waals surface area contributed by atoms with Crippen LogP contribution in [-0.4, -0.2) is 21.7 Å². The van der Waals surface area contributed by atoms with Gasteiger partial charge in [-0.1, -0.05) is 30.3 Å². The maximum Gasteiger partial charge on any atom is 0.412 e. The number of carbonyl (C=O) groups excluding carboxylic acids is 1. The van der Waals surface area contributed by atoms with Crippen LogP contribution in [-0.2, 0) is 11.3 Å². The normalized spacial score (nSPS) is 11.2. The van der Waals surface area contributed by atoms with Crippen molar-refractivity contribution in [3.8, 4) is 5.75 Å². The molecule has 0 aliphatic rings. The van der Waals surface area contributed by atoms with Crippen LogP contribution < -0.4 is 15.4 Å². The van der Waals surface area contributed by atoms with E-state index in [0.29, 0.717) is 35.1 Å². The van der Waals surface area contributed by atoms with Crippen molar-refractivity contribution < 1.29 is 18.7 Å². The summed E-state index contributed by atoms with van der Waals surface area (Å²) in [6.45, 7) is 5.71. The highest BCUT2D eigenvalue weighted by atomic mass is 19.1. The molecule has 1 amide bonds. The average Bonchev–Trinajstić information content (AvgIpc) is 2.78. The van der Waals surface area contributed by atoms with Crippen LogP contribution in [0, 0.1) is 5.82 Å². The van der Waals surface area contributed by atoms with E-state index in [9.17, 15) is 4.79 Å². The van der Waals surface area contributed by atoms with Crippen molar-refractivity contribution in [2.45, 2.75) is 33.0 Å². The first-order valence-electron chi connectivity index (χ1n) is 10.7. The van der Waals surface area contributed by atoms with Crippen LogP contribution in [0.1, 0.15) is 26.3 Å². The topological polar surface area (TPSA) is 85.4 Å². The van der Waals surface area contributed by atoms with Crippen LogP contribution >= 0.6 is 0 Å². The standard InChI is InChI=1S/C26H25FN4O3/c1-26(2,3)34-25(32)31-19-11-9-18(10-12-19)30-24-23-21(27)13-20(14-22(23)28-16-29-24)33-15-17-7-5-4-6-8-17/h4-14,16H,15H2,1-3H3,(H,31,32)(H,28,29,30). The maximum atomic E-state index is 15.0. The van der Waals surface area contributed by atoms with Gasteiger partial charge in [-0.25, -0.2) is 19.2 Å². The van der Waals surface area contributed by atoms with E-state index in [4.69, 9.17) is 9.47 Å². The van der Waals surface area contributed by atoms with Gasteiger partial charge in [0.1, 0.15) is 35.9 Å². The van der Waals surface area contributed by atoms with Gasteiger partial charge < -0.3 is 14.8 Å². The summed E-state index contributed by atoms with van der Waals surface area (Å²) >= 11 is 0. The number of benzene rings is 3. The number of rotatable bonds is 6. The molecule has 4 rings (SSSR count). The van der Waals surface area contributed by atoms with E-state index >= 15 is 4.39 Å². The minimum Gasteiger partial charge on any atom is -0.489 e. The number of carbonyl (C=O) groups is 1. The smallest absolute Gasteiger partial charge is 0.412 e. The van der Waals surface area contributed by atoms with Crippen molar-refractivity contribution in [2.75, 3.05) is 10.6 Å². The average molecular weight is 461 g/mol. The van der Waals surface area contributed by atoms with Crippen molar-refractivity contribution in [3.05, 3.63) is 84.4 Å². The van der Waals surface area contributed by atoms with Crippen molar-refractivity contribution in [1.82, 2.24) is 9.97 Å². The third-order valence-electron chi connectivity index (χ3n) is 4.70. The minimum absolute atomic E-state index is 0.255. The highest BCUT2D eigenvalue weighted by Gasteiger charge is 2.16. The van der Waals surface area contributed by atoms with Crippen molar-refractivity contribution in [2.24, 2.45) is 0 Å². The summed E-state index contributed by atoms with van der Waals surface area (Å²) in [5.74, 6) is 0.216. The van der Waals surface area contributed by atoms with Gasteiger partial charge in [0.25, 0.3) is 0 Å². The summed E-state index contributed by atoms with van der Waals surface area (Å²) in [5.41, 5.74) is 2.05. The zero-order valence-corrected chi connectivity index (χ0v) is 19.1. The summed E-state index contributed by atoms with van der Waals surface area (Å²) in [6.07, 6.45) is 0.825. The third-order valence-corrected chi connectivity index (χ3v) is 4.70. The molecule has 34 heavy (non-hydrogen) atoms. The zero-order chi connectivity index (χ0) is 24.1. The van der Waals surface area contributed by atoms with E-state index in [0.717, 1.165) is 5.56 Å². The number of nitrogens with zero attached hydrogens (tertiary/aromatic N) is 2. The molecule has 174 valence electrons. The predicted octanol–water partition coefficient (Wildman–Crippen LogP) is 6.44. The fourth-order valence-corrected chi connectivity index (χ4v) is 3.23. The molecule has 3 aromatic carbocycles. The molecule has 0 saturated heterocycles. The summed E-state index contributed by atoms with van der Waals surface area (Å²) in [4.78, 5) is 20.3. The Hall–Kier alpha value is -4.20. The number of anilines is 3. The molecule has 0 radical (unpaired) electrons. The molecule has 0 aliphatic carbocycles. The summed E-state index contributed by atoms with van der Waals surface area (Å²) in [6, 6.07) is 19.6. The predicted molar refractivity (Wildman–Crippen MR) is 130 cm³/mol. The highest BCUT2D eigenvalue weighted by molar-refractivity contribution is 5.92. The van der Waals surface area contributed by atoms with E-state index in [1.165, 1.54) is 12.4 Å². The monoisotopic (exact) mass is 460 g/mol. The molecule has 0 atom stereocenters. The molecule has 0 aliphatic heterocycles. The second kappa shape index (κ2) is 9.74. The number of hydrogen-bond donors (Lipinski definition) is 2. The molecule has 4 aromatic rings. The van der Waals surface area contributed by atoms with Crippen molar-refractivity contribution >= 4 is 34.2 Å². The van der Waals surface area contributed by atoms with Crippen molar-refractivity contribution in [3.63, 3.8) is 0 Å². The molecule has 0 fully saturated rings. The fraction of sp³-hybridized carbons (Fsp3) is 0.192. The Bertz CT molecular complexity index is 1290. The number of halogens is 1. The number of hydrogen-bond acceptors (Lipinski definition) is 6. The summed E-state index contributed by atoms with van der Waals surface area (Å²) in [7, 11) is 0. The first-order chi connectivity index (χ1) is 16.3. The Balaban J connectivity index is 1.48. The molecular formula is C26H25FN4O3. The number of ether oxygens (including phenoxy) is 2.